The van der Waals surface area contributed by atoms with Crippen molar-refractivity contribution in [1.29, 1.82) is 0 Å². The van der Waals surface area contributed by atoms with Crippen LogP contribution in [0.5, 0.6) is 0 Å². The molecule has 0 spiro atoms. The van der Waals surface area contributed by atoms with E-state index in [0.29, 0.717) is 0 Å². The summed E-state index contributed by atoms with van der Waals surface area (Å²) in [4.78, 5) is 1.21. The standard InChI is InChI=1S/C30H26S2Si/c1-4-33(5-2,6-3)18-16-22-19-21-8-10-26-24-11-13-27-25(9-7-20-15-17-31-29(20)27)23(24)12-14-28(26)30(21)32-22/h7-15,17,19H,4-6H2,1-3H3. The Morgan fingerprint density at radius 3 is 1.85 bits per heavy atom. The number of benzene rings is 4. The average Bonchev–Trinajstić information content (AvgIpc) is 3.51. The summed E-state index contributed by atoms with van der Waals surface area (Å²) in [5.74, 6) is 3.60. The van der Waals surface area contributed by atoms with Crippen molar-refractivity contribution in [3.8, 4) is 11.5 Å². The van der Waals surface area contributed by atoms with Gasteiger partial charge in [0.1, 0.15) is 8.07 Å². The molecule has 33 heavy (non-hydrogen) atoms. The van der Waals surface area contributed by atoms with Crippen LogP contribution in [0.1, 0.15) is 25.6 Å². The minimum absolute atomic E-state index is 1.21. The minimum atomic E-state index is -1.43. The smallest absolute Gasteiger partial charge is 0.138 e. The molecular formula is C30H26S2Si. The van der Waals surface area contributed by atoms with Crippen LogP contribution in [0.25, 0.3) is 52.5 Å². The fraction of sp³-hybridized carbons (Fsp3) is 0.200. The number of hydrogen-bond acceptors (Lipinski definition) is 2. The molecule has 0 N–H and O–H groups in total. The Morgan fingerprint density at radius 1 is 0.636 bits per heavy atom. The van der Waals surface area contributed by atoms with Crippen LogP contribution < -0.4 is 0 Å². The second-order valence-corrected chi connectivity index (χ2v) is 15.9. The summed E-state index contributed by atoms with van der Waals surface area (Å²) in [5, 5.41) is 12.9. The maximum Gasteiger partial charge on any atom is 0.138 e. The van der Waals surface area contributed by atoms with Gasteiger partial charge in [0.05, 0.1) is 4.88 Å². The first kappa shape index (κ1) is 20.9. The van der Waals surface area contributed by atoms with Gasteiger partial charge in [-0.1, -0.05) is 75.2 Å². The Hall–Kier alpha value is -2.64. The highest BCUT2D eigenvalue weighted by Gasteiger charge is 2.24. The van der Waals surface area contributed by atoms with E-state index in [2.05, 4.69) is 98.3 Å². The lowest BCUT2D eigenvalue weighted by atomic mass is 9.96. The fourth-order valence-corrected chi connectivity index (χ4v) is 9.72. The molecule has 6 aromatic rings. The molecule has 0 aliphatic rings. The van der Waals surface area contributed by atoms with Crippen molar-refractivity contribution in [1.82, 2.24) is 0 Å². The Morgan fingerprint density at radius 2 is 1.18 bits per heavy atom. The maximum atomic E-state index is 3.77. The third-order valence-electron chi connectivity index (χ3n) is 7.57. The quantitative estimate of drug-likeness (QED) is 0.135. The highest BCUT2D eigenvalue weighted by Crippen LogP contribution is 2.39. The van der Waals surface area contributed by atoms with Crippen molar-refractivity contribution in [2.45, 2.75) is 38.9 Å². The van der Waals surface area contributed by atoms with Gasteiger partial charge in [-0.3, -0.25) is 0 Å². The van der Waals surface area contributed by atoms with Gasteiger partial charge >= 0.3 is 0 Å². The molecule has 2 heterocycles. The van der Waals surface area contributed by atoms with Gasteiger partial charge in [0.15, 0.2) is 0 Å². The van der Waals surface area contributed by atoms with E-state index in [1.165, 1.54) is 75.5 Å². The van der Waals surface area contributed by atoms with Gasteiger partial charge in [-0.25, -0.2) is 0 Å². The first-order valence-electron chi connectivity index (χ1n) is 11.9. The van der Waals surface area contributed by atoms with Crippen molar-refractivity contribution in [2.75, 3.05) is 0 Å². The van der Waals surface area contributed by atoms with Crippen molar-refractivity contribution < 1.29 is 0 Å². The van der Waals surface area contributed by atoms with E-state index in [1.807, 2.05) is 22.7 Å². The van der Waals surface area contributed by atoms with E-state index in [0.717, 1.165) is 0 Å². The maximum absolute atomic E-state index is 3.77. The second kappa shape index (κ2) is 7.99. The van der Waals surface area contributed by atoms with Gasteiger partial charge in [-0.2, -0.15) is 0 Å². The Labute approximate surface area is 203 Å². The molecule has 0 unspecified atom stereocenters. The third-order valence-corrected chi connectivity index (χ3v) is 14.3. The van der Waals surface area contributed by atoms with E-state index in [4.69, 9.17) is 0 Å². The number of thiophene rings is 2. The first-order valence-corrected chi connectivity index (χ1v) is 16.2. The predicted octanol–water partition coefficient (Wildman–Crippen LogP) is 9.97. The highest BCUT2D eigenvalue weighted by atomic mass is 32.1. The normalized spacial score (nSPS) is 12.2. The van der Waals surface area contributed by atoms with Crippen LogP contribution in [0.2, 0.25) is 18.1 Å². The van der Waals surface area contributed by atoms with Crippen LogP contribution in [-0.4, -0.2) is 8.07 Å². The summed E-state index contributed by atoms with van der Waals surface area (Å²) >= 11 is 3.70. The zero-order valence-corrected chi connectivity index (χ0v) is 21.9. The first-order chi connectivity index (χ1) is 16.2. The molecule has 0 aliphatic carbocycles. The van der Waals surface area contributed by atoms with E-state index in [1.54, 1.807) is 0 Å². The Balaban J connectivity index is 1.56. The molecule has 0 saturated carbocycles. The lowest BCUT2D eigenvalue weighted by Gasteiger charge is -2.19. The third kappa shape index (κ3) is 3.24. The van der Waals surface area contributed by atoms with Crippen LogP contribution in [0.4, 0.5) is 0 Å². The van der Waals surface area contributed by atoms with Gasteiger partial charge in [0.2, 0.25) is 0 Å². The highest BCUT2D eigenvalue weighted by molar-refractivity contribution is 7.20. The monoisotopic (exact) mass is 478 g/mol. The summed E-state index contributed by atoms with van der Waals surface area (Å²) in [7, 11) is -1.43. The van der Waals surface area contributed by atoms with Crippen LogP contribution >= 0.6 is 22.7 Å². The molecule has 0 fully saturated rings. The largest absolute Gasteiger partial charge is 0.143 e. The topological polar surface area (TPSA) is 0 Å². The molecule has 0 atom stereocenters. The zero-order chi connectivity index (χ0) is 22.6. The fourth-order valence-electron chi connectivity index (χ4n) is 5.23. The molecule has 162 valence electrons. The molecule has 4 aromatic carbocycles. The summed E-state index contributed by atoms with van der Waals surface area (Å²) in [6.07, 6.45) is 0. The Kier molecular flexibility index (Phi) is 5.07. The van der Waals surface area contributed by atoms with Crippen LogP contribution in [0, 0.1) is 11.5 Å². The molecule has 3 heteroatoms. The van der Waals surface area contributed by atoms with Gasteiger partial charge < -0.3 is 0 Å². The van der Waals surface area contributed by atoms with Crippen molar-refractivity contribution in [2.24, 2.45) is 0 Å². The molecule has 2 aromatic heterocycles. The lowest BCUT2D eigenvalue weighted by molar-refractivity contribution is 1.20. The van der Waals surface area contributed by atoms with E-state index in [-0.39, 0.29) is 0 Å². The van der Waals surface area contributed by atoms with Gasteiger partial charge in [-0.05, 0) is 68.0 Å². The molecule has 0 bridgehead atoms. The molecule has 0 radical (unpaired) electrons. The van der Waals surface area contributed by atoms with Crippen molar-refractivity contribution in [3.05, 3.63) is 70.9 Å². The summed E-state index contributed by atoms with van der Waals surface area (Å²) in [5.41, 5.74) is 3.77. The molecule has 0 saturated heterocycles. The molecule has 6 rings (SSSR count). The average molecular weight is 479 g/mol. The molecule has 0 aliphatic heterocycles. The number of fused-ring (bicyclic) bond motifs is 9. The number of hydrogen-bond donors (Lipinski definition) is 0. The van der Waals surface area contributed by atoms with E-state index >= 15 is 0 Å². The van der Waals surface area contributed by atoms with Crippen molar-refractivity contribution in [3.63, 3.8) is 0 Å². The van der Waals surface area contributed by atoms with Crippen LogP contribution in [0.15, 0.2) is 66.0 Å². The molecular weight excluding hydrogens is 453 g/mol. The summed E-state index contributed by atoms with van der Waals surface area (Å²) in [6.45, 7) is 6.97. The Bertz CT molecular complexity index is 1730. The number of rotatable bonds is 3. The lowest BCUT2D eigenvalue weighted by Crippen LogP contribution is -2.29. The van der Waals surface area contributed by atoms with E-state index < -0.39 is 8.07 Å². The van der Waals surface area contributed by atoms with Gasteiger partial charge in [-0.15, -0.1) is 28.2 Å². The van der Waals surface area contributed by atoms with Gasteiger partial charge in [0, 0.05) is 20.2 Å². The minimum Gasteiger partial charge on any atom is -0.143 e. The zero-order valence-electron chi connectivity index (χ0n) is 19.3. The summed E-state index contributed by atoms with van der Waals surface area (Å²) in [6, 6.07) is 26.7. The molecule has 0 nitrogen and oxygen atoms in total. The summed E-state index contributed by atoms with van der Waals surface area (Å²) < 4.78 is 2.75. The molecule has 0 amide bonds. The van der Waals surface area contributed by atoms with Gasteiger partial charge in [0.25, 0.3) is 0 Å². The SMILES string of the molecule is CC[Si](C#Cc1cc2ccc3c4ccc5c(ccc6ccsc65)c4ccc3c2s1)(CC)CC. The van der Waals surface area contributed by atoms with Crippen molar-refractivity contribution >= 4 is 83.2 Å². The van der Waals surface area contributed by atoms with Crippen LogP contribution in [-0.2, 0) is 0 Å². The second-order valence-electron chi connectivity index (χ2n) is 9.01. The van der Waals surface area contributed by atoms with Crippen LogP contribution in [0.3, 0.4) is 0 Å². The van der Waals surface area contributed by atoms with E-state index in [9.17, 15) is 0 Å². The predicted molar refractivity (Wildman–Crippen MR) is 154 cm³/mol.